The van der Waals surface area contributed by atoms with Gasteiger partial charge in [-0.05, 0) is 23.3 Å². The molecular formula is C22H23N3O3. The number of nitrogens with zero attached hydrogens (tertiary/aromatic N) is 2. The zero-order valence-electron chi connectivity index (χ0n) is 16.0. The van der Waals surface area contributed by atoms with E-state index < -0.39 is 0 Å². The topological polar surface area (TPSA) is 65.4 Å². The van der Waals surface area contributed by atoms with E-state index in [0.29, 0.717) is 24.5 Å². The Balaban J connectivity index is 1.53. The van der Waals surface area contributed by atoms with Crippen molar-refractivity contribution in [3.8, 4) is 11.5 Å². The molecule has 0 fully saturated rings. The van der Waals surface area contributed by atoms with Crippen LogP contribution in [-0.4, -0.2) is 29.4 Å². The van der Waals surface area contributed by atoms with Crippen molar-refractivity contribution in [2.24, 2.45) is 7.05 Å². The lowest BCUT2D eigenvalue weighted by Gasteiger charge is -2.24. The summed E-state index contributed by atoms with van der Waals surface area (Å²) in [6, 6.07) is 16.1. The monoisotopic (exact) mass is 377 g/mol. The number of hydrogen-bond acceptors (Lipinski definition) is 4. The van der Waals surface area contributed by atoms with E-state index in [-0.39, 0.29) is 11.8 Å². The van der Waals surface area contributed by atoms with Gasteiger partial charge >= 0.3 is 0 Å². The fourth-order valence-corrected chi connectivity index (χ4v) is 3.58. The zero-order chi connectivity index (χ0) is 19.5. The quantitative estimate of drug-likeness (QED) is 0.714. The van der Waals surface area contributed by atoms with Crippen LogP contribution in [0.25, 0.3) is 0 Å². The van der Waals surface area contributed by atoms with Gasteiger partial charge in [0.15, 0.2) is 11.5 Å². The molecule has 0 saturated heterocycles. The van der Waals surface area contributed by atoms with E-state index in [1.165, 1.54) is 5.56 Å². The predicted molar refractivity (Wildman–Crippen MR) is 107 cm³/mol. The van der Waals surface area contributed by atoms with Crippen LogP contribution in [0.2, 0.25) is 0 Å². The molecule has 2 aromatic carbocycles. The predicted octanol–water partition coefficient (Wildman–Crippen LogP) is 3.52. The molecule has 1 amide bonds. The number of amides is 1. The molecule has 0 radical (unpaired) electrons. The van der Waals surface area contributed by atoms with Crippen molar-refractivity contribution >= 4 is 11.7 Å². The summed E-state index contributed by atoms with van der Waals surface area (Å²) in [7, 11) is 3.46. The molecule has 1 N–H and O–H groups in total. The highest BCUT2D eigenvalue weighted by atomic mass is 16.5. The van der Waals surface area contributed by atoms with E-state index in [4.69, 9.17) is 9.47 Å². The van der Waals surface area contributed by atoms with E-state index in [0.717, 1.165) is 23.4 Å². The number of carbonyl (C=O) groups is 1. The van der Waals surface area contributed by atoms with Gasteiger partial charge in [-0.2, -0.15) is 5.10 Å². The van der Waals surface area contributed by atoms with E-state index in [1.807, 2.05) is 49.6 Å². The Bertz CT molecular complexity index is 982. The number of aryl methyl sites for hydroxylation is 1. The lowest BCUT2D eigenvalue weighted by atomic mass is 9.87. The van der Waals surface area contributed by atoms with Gasteiger partial charge in [-0.3, -0.25) is 9.48 Å². The summed E-state index contributed by atoms with van der Waals surface area (Å²) in [5.41, 5.74) is 3.26. The van der Waals surface area contributed by atoms with Crippen LogP contribution < -0.4 is 14.8 Å². The van der Waals surface area contributed by atoms with Gasteiger partial charge in [0.1, 0.15) is 5.82 Å². The van der Waals surface area contributed by atoms with Crippen LogP contribution in [0.5, 0.6) is 11.5 Å². The highest BCUT2D eigenvalue weighted by Gasteiger charge is 2.29. The molecule has 6 heteroatoms. The fourth-order valence-electron chi connectivity index (χ4n) is 3.58. The molecule has 1 aromatic heterocycles. The maximum atomic E-state index is 12.1. The normalized spacial score (nSPS) is 15.6. The molecule has 0 bridgehead atoms. The molecule has 6 nitrogen and oxygen atoms in total. The van der Waals surface area contributed by atoms with Crippen molar-refractivity contribution in [3.63, 3.8) is 0 Å². The van der Waals surface area contributed by atoms with Crippen molar-refractivity contribution in [2.45, 2.75) is 18.8 Å². The van der Waals surface area contributed by atoms with Gasteiger partial charge in [0, 0.05) is 31.4 Å². The third-order valence-electron chi connectivity index (χ3n) is 5.07. The molecule has 0 unspecified atom stereocenters. The standard InChI is InChI=1S/C22H23N3O3/c1-25-22-18(14-23-25)17(13-21(26)24-22)16-8-9-19(20(12-16)27-2)28-11-10-15-6-4-3-5-7-15/h3-9,12,14,17H,10-11,13H2,1-2H3,(H,24,26)/t17-/m0/s1. The minimum atomic E-state index is -0.0512. The molecule has 0 aliphatic carbocycles. The van der Waals surface area contributed by atoms with E-state index in [9.17, 15) is 4.79 Å². The number of ether oxygens (including phenoxy) is 2. The van der Waals surface area contributed by atoms with Crippen molar-refractivity contribution in [3.05, 3.63) is 71.4 Å². The van der Waals surface area contributed by atoms with Crippen molar-refractivity contribution < 1.29 is 14.3 Å². The van der Waals surface area contributed by atoms with E-state index in [1.54, 1.807) is 11.8 Å². The van der Waals surface area contributed by atoms with Crippen LogP contribution in [0.15, 0.2) is 54.7 Å². The molecule has 3 aromatic rings. The van der Waals surface area contributed by atoms with Gasteiger partial charge < -0.3 is 14.8 Å². The summed E-state index contributed by atoms with van der Waals surface area (Å²) < 4.78 is 13.2. The van der Waals surface area contributed by atoms with Crippen LogP contribution in [0.1, 0.15) is 29.0 Å². The summed E-state index contributed by atoms with van der Waals surface area (Å²) in [5, 5.41) is 7.18. The van der Waals surface area contributed by atoms with Crippen molar-refractivity contribution in [1.82, 2.24) is 9.78 Å². The molecule has 28 heavy (non-hydrogen) atoms. The Morgan fingerprint density at radius 2 is 2.00 bits per heavy atom. The van der Waals surface area contributed by atoms with Gasteiger partial charge in [-0.25, -0.2) is 0 Å². The number of hydrogen-bond donors (Lipinski definition) is 1. The second kappa shape index (κ2) is 7.76. The zero-order valence-corrected chi connectivity index (χ0v) is 16.0. The average molecular weight is 377 g/mol. The Labute approximate surface area is 164 Å². The van der Waals surface area contributed by atoms with E-state index >= 15 is 0 Å². The number of methoxy groups -OCH3 is 1. The summed E-state index contributed by atoms with van der Waals surface area (Å²) in [5.74, 6) is 2.06. The van der Waals surface area contributed by atoms with Gasteiger partial charge in [0.25, 0.3) is 0 Å². The molecular weight excluding hydrogens is 354 g/mol. The number of rotatable bonds is 6. The smallest absolute Gasteiger partial charge is 0.226 e. The van der Waals surface area contributed by atoms with Crippen molar-refractivity contribution in [1.29, 1.82) is 0 Å². The Kier molecular flexibility index (Phi) is 5.02. The highest BCUT2D eigenvalue weighted by Crippen LogP contribution is 2.39. The number of benzene rings is 2. The van der Waals surface area contributed by atoms with Gasteiger partial charge in [-0.1, -0.05) is 36.4 Å². The largest absolute Gasteiger partial charge is 0.493 e. The van der Waals surface area contributed by atoms with Crippen LogP contribution >= 0.6 is 0 Å². The summed E-state index contributed by atoms with van der Waals surface area (Å²) in [6.07, 6.45) is 3.03. The number of carbonyl (C=O) groups excluding carboxylic acids is 1. The molecule has 1 aliphatic rings. The minimum Gasteiger partial charge on any atom is -0.493 e. The highest BCUT2D eigenvalue weighted by molar-refractivity contribution is 5.94. The molecule has 144 valence electrons. The van der Waals surface area contributed by atoms with Crippen LogP contribution in [0.3, 0.4) is 0 Å². The number of anilines is 1. The van der Waals surface area contributed by atoms with Crippen LogP contribution in [-0.2, 0) is 18.3 Å². The summed E-state index contributed by atoms with van der Waals surface area (Å²) in [6.45, 7) is 0.568. The Hall–Kier alpha value is -3.28. The SMILES string of the molecule is COc1cc([C@@H]2CC(=O)Nc3c2cnn3C)ccc1OCCc1ccccc1. The van der Waals surface area contributed by atoms with Gasteiger partial charge in [-0.15, -0.1) is 0 Å². The lowest BCUT2D eigenvalue weighted by Crippen LogP contribution is -2.24. The first-order chi connectivity index (χ1) is 13.7. The van der Waals surface area contributed by atoms with Gasteiger partial charge in [0.05, 0.1) is 19.9 Å². The Morgan fingerprint density at radius 3 is 2.79 bits per heavy atom. The summed E-state index contributed by atoms with van der Waals surface area (Å²) >= 11 is 0. The average Bonchev–Trinajstić information content (AvgIpc) is 3.09. The second-order valence-corrected chi connectivity index (χ2v) is 6.87. The maximum absolute atomic E-state index is 12.1. The number of aromatic nitrogens is 2. The molecule has 2 heterocycles. The van der Waals surface area contributed by atoms with Crippen LogP contribution in [0.4, 0.5) is 5.82 Å². The first-order valence-electron chi connectivity index (χ1n) is 9.32. The molecule has 0 spiro atoms. The second-order valence-electron chi connectivity index (χ2n) is 6.87. The summed E-state index contributed by atoms with van der Waals surface area (Å²) in [4.78, 5) is 12.1. The first-order valence-corrected chi connectivity index (χ1v) is 9.32. The van der Waals surface area contributed by atoms with E-state index in [2.05, 4.69) is 22.5 Å². The van der Waals surface area contributed by atoms with Crippen molar-refractivity contribution in [2.75, 3.05) is 19.0 Å². The third kappa shape index (κ3) is 3.58. The lowest BCUT2D eigenvalue weighted by molar-refractivity contribution is -0.116. The fraction of sp³-hybridized carbons (Fsp3) is 0.273. The molecule has 4 rings (SSSR count). The molecule has 0 saturated carbocycles. The molecule has 1 atom stereocenters. The van der Waals surface area contributed by atoms with Crippen LogP contribution in [0, 0.1) is 0 Å². The third-order valence-corrected chi connectivity index (χ3v) is 5.07. The number of fused-ring (bicyclic) bond motifs is 1. The first kappa shape index (κ1) is 18.1. The Morgan fingerprint density at radius 1 is 1.18 bits per heavy atom. The minimum absolute atomic E-state index is 0.0109. The number of nitrogens with one attached hydrogen (secondary N) is 1. The maximum Gasteiger partial charge on any atom is 0.226 e. The molecule has 1 aliphatic heterocycles. The van der Waals surface area contributed by atoms with Gasteiger partial charge in [0.2, 0.25) is 5.91 Å².